The zero-order chi connectivity index (χ0) is 38.2. The first-order valence-corrected chi connectivity index (χ1v) is 18.3. The molecular weight excluding hydrogens is 679 g/mol. The molecular formula is C39H51FN8O5. The van der Waals surface area contributed by atoms with E-state index in [0.717, 1.165) is 22.5 Å². The van der Waals surface area contributed by atoms with Crippen LogP contribution in [0.3, 0.4) is 0 Å². The Hall–Kier alpha value is -4.69. The fourth-order valence-electron chi connectivity index (χ4n) is 7.59. The summed E-state index contributed by atoms with van der Waals surface area (Å²) in [5.74, 6) is -0.800. The van der Waals surface area contributed by atoms with Crippen LogP contribution in [0.25, 0.3) is 0 Å². The molecule has 0 aliphatic carbocycles. The molecule has 3 aliphatic heterocycles. The van der Waals surface area contributed by atoms with Crippen molar-refractivity contribution in [1.82, 2.24) is 29.7 Å². The molecule has 2 aromatic heterocycles. The molecule has 0 radical (unpaired) electrons. The number of aromatic nitrogens is 3. The van der Waals surface area contributed by atoms with E-state index in [1.165, 1.54) is 24.5 Å². The van der Waals surface area contributed by atoms with Gasteiger partial charge in [-0.2, -0.15) is 0 Å². The second kappa shape index (κ2) is 15.0. The number of ether oxygens (including phenoxy) is 1. The summed E-state index contributed by atoms with van der Waals surface area (Å²) in [6.45, 7) is 18.2. The molecule has 2 amide bonds. The highest BCUT2D eigenvalue weighted by Crippen LogP contribution is 2.40. The van der Waals surface area contributed by atoms with Gasteiger partial charge < -0.3 is 24.5 Å². The number of amides is 2. The number of rotatable bonds is 8. The lowest BCUT2D eigenvalue weighted by atomic mass is 9.91. The number of piperazine rings is 2. The van der Waals surface area contributed by atoms with Crippen molar-refractivity contribution >= 4 is 29.5 Å². The maximum absolute atomic E-state index is 14.4. The van der Waals surface area contributed by atoms with Crippen molar-refractivity contribution in [3.63, 3.8) is 0 Å². The predicted molar refractivity (Wildman–Crippen MR) is 199 cm³/mol. The second-order valence-electron chi connectivity index (χ2n) is 16.3. The molecule has 13 nitrogen and oxygen atoms in total. The molecule has 3 atom stereocenters. The van der Waals surface area contributed by atoms with Crippen molar-refractivity contribution in [3.05, 3.63) is 77.3 Å². The Kier molecular flexibility index (Phi) is 10.8. The number of carbonyl (C=O) groups excluding carboxylic acids is 2. The lowest BCUT2D eigenvalue weighted by Crippen LogP contribution is -2.65. The Labute approximate surface area is 310 Å². The molecule has 3 aromatic rings. The molecule has 0 bridgehead atoms. The molecule has 2 saturated heterocycles. The molecule has 14 heteroatoms. The van der Waals surface area contributed by atoms with Gasteiger partial charge in [-0.15, -0.1) is 0 Å². The smallest absolute Gasteiger partial charge is 0.410 e. The summed E-state index contributed by atoms with van der Waals surface area (Å²) in [5, 5.41) is 9.22. The average Bonchev–Trinajstić information content (AvgIpc) is 3.36. The highest BCUT2D eigenvalue weighted by Gasteiger charge is 2.43. The number of halogens is 1. The number of pyridine rings is 1. The Morgan fingerprint density at radius 1 is 0.925 bits per heavy atom. The van der Waals surface area contributed by atoms with E-state index in [4.69, 9.17) is 9.72 Å². The molecule has 53 heavy (non-hydrogen) atoms. The first kappa shape index (κ1) is 38.0. The average molecular weight is 731 g/mol. The van der Waals surface area contributed by atoms with Crippen LogP contribution >= 0.6 is 0 Å². The van der Waals surface area contributed by atoms with Crippen molar-refractivity contribution in [2.24, 2.45) is 0 Å². The Balaban J connectivity index is 1.20. The molecule has 0 spiro atoms. The van der Waals surface area contributed by atoms with Crippen molar-refractivity contribution < 1.29 is 28.6 Å². The number of nitrogens with zero attached hydrogens (tertiary/aromatic N) is 8. The lowest BCUT2D eigenvalue weighted by Gasteiger charge is -2.48. The van der Waals surface area contributed by atoms with Gasteiger partial charge in [-0.1, -0.05) is 26.0 Å². The Morgan fingerprint density at radius 3 is 2.30 bits per heavy atom. The quantitative estimate of drug-likeness (QED) is 0.353. The summed E-state index contributed by atoms with van der Waals surface area (Å²) in [6.07, 6.45) is 4.84. The normalized spacial score (nSPS) is 22.1. The number of hydrogen-bond donors (Lipinski definition) is 1. The number of aromatic carboxylic acids is 1. The minimum Gasteiger partial charge on any atom is -0.476 e. The van der Waals surface area contributed by atoms with E-state index in [2.05, 4.69) is 45.4 Å². The fraction of sp³-hybridized carbons (Fsp3) is 0.538. The number of benzene rings is 1. The van der Waals surface area contributed by atoms with Gasteiger partial charge in [0.05, 0.1) is 30.3 Å². The number of anilines is 2. The third-order valence-corrected chi connectivity index (χ3v) is 10.3. The fourth-order valence-corrected chi connectivity index (χ4v) is 7.59. The molecule has 0 saturated carbocycles. The summed E-state index contributed by atoms with van der Waals surface area (Å²) in [4.78, 5) is 62.6. The third-order valence-electron chi connectivity index (χ3n) is 10.3. The van der Waals surface area contributed by atoms with E-state index in [1.54, 1.807) is 17.0 Å². The number of carboxylic acids is 1. The number of carbonyl (C=O) groups is 3. The van der Waals surface area contributed by atoms with Gasteiger partial charge in [0.1, 0.15) is 17.2 Å². The van der Waals surface area contributed by atoms with Gasteiger partial charge in [-0.25, -0.2) is 23.9 Å². The van der Waals surface area contributed by atoms with E-state index in [1.807, 2.05) is 44.9 Å². The SMILES string of the molecule is CC1CN(c2cnc(C(=O)O)cn2)CCN1C[C@H]1CN(C(=O)OC(C)(C)C)[C@H](C)CN1CC(=O)N1CC(C)(C)c2ncc(Cc3ccc(F)cc3)cc21. The summed E-state index contributed by atoms with van der Waals surface area (Å²) in [5.41, 5.74) is 2.51. The molecule has 1 aromatic carbocycles. The largest absolute Gasteiger partial charge is 0.476 e. The lowest BCUT2D eigenvalue weighted by molar-refractivity contribution is -0.121. The van der Waals surface area contributed by atoms with Crippen LogP contribution in [0.1, 0.15) is 75.8 Å². The highest BCUT2D eigenvalue weighted by molar-refractivity contribution is 5.97. The van der Waals surface area contributed by atoms with E-state index < -0.39 is 11.6 Å². The zero-order valence-corrected chi connectivity index (χ0v) is 31.8. The maximum atomic E-state index is 14.4. The molecule has 1 unspecified atom stereocenters. The van der Waals surface area contributed by atoms with Gasteiger partial charge in [-0.3, -0.25) is 19.6 Å². The van der Waals surface area contributed by atoms with Crippen LogP contribution in [0.4, 0.5) is 20.7 Å². The highest BCUT2D eigenvalue weighted by atomic mass is 19.1. The van der Waals surface area contributed by atoms with Gasteiger partial charge in [0, 0.05) is 75.6 Å². The number of fused-ring (bicyclic) bond motifs is 1. The molecule has 1 N–H and O–H groups in total. The van der Waals surface area contributed by atoms with E-state index in [-0.39, 0.29) is 53.6 Å². The van der Waals surface area contributed by atoms with E-state index >= 15 is 0 Å². The molecule has 6 rings (SSSR count). The van der Waals surface area contributed by atoms with Crippen LogP contribution in [-0.2, 0) is 21.4 Å². The summed E-state index contributed by atoms with van der Waals surface area (Å²) < 4.78 is 19.4. The van der Waals surface area contributed by atoms with Crippen LogP contribution in [0.5, 0.6) is 0 Å². The monoisotopic (exact) mass is 730 g/mol. The first-order valence-electron chi connectivity index (χ1n) is 18.3. The Bertz CT molecular complexity index is 1820. The van der Waals surface area contributed by atoms with Crippen molar-refractivity contribution in [2.75, 3.05) is 62.2 Å². The van der Waals surface area contributed by atoms with Gasteiger partial charge in [0.25, 0.3) is 0 Å². The van der Waals surface area contributed by atoms with Crippen molar-refractivity contribution in [2.45, 2.75) is 84.0 Å². The van der Waals surface area contributed by atoms with Crippen LogP contribution in [-0.4, -0.2) is 129 Å². The summed E-state index contributed by atoms with van der Waals surface area (Å²) in [6, 6.07) is 8.25. The van der Waals surface area contributed by atoms with Gasteiger partial charge >= 0.3 is 12.1 Å². The van der Waals surface area contributed by atoms with Crippen LogP contribution < -0.4 is 9.80 Å². The molecule has 3 aliphatic rings. The molecule has 284 valence electrons. The van der Waals surface area contributed by atoms with Gasteiger partial charge in [0.15, 0.2) is 5.69 Å². The first-order chi connectivity index (χ1) is 25.0. The van der Waals surface area contributed by atoms with Gasteiger partial charge in [0.2, 0.25) is 5.91 Å². The summed E-state index contributed by atoms with van der Waals surface area (Å²) in [7, 11) is 0. The summed E-state index contributed by atoms with van der Waals surface area (Å²) >= 11 is 0. The van der Waals surface area contributed by atoms with Crippen molar-refractivity contribution in [1.29, 1.82) is 0 Å². The second-order valence-corrected chi connectivity index (χ2v) is 16.3. The maximum Gasteiger partial charge on any atom is 0.410 e. The number of hydrogen-bond acceptors (Lipinski definition) is 10. The van der Waals surface area contributed by atoms with Crippen LogP contribution in [0, 0.1) is 5.82 Å². The zero-order valence-electron chi connectivity index (χ0n) is 31.8. The van der Waals surface area contributed by atoms with E-state index in [0.29, 0.717) is 58.1 Å². The number of carboxylic acid groups (broad SMARTS) is 1. The van der Waals surface area contributed by atoms with Crippen molar-refractivity contribution in [3.8, 4) is 0 Å². The standard InChI is InChI=1S/C39H51FN8O5/c1-25-19-45(33-18-41-31(17-42-33)36(50)51)13-12-44(25)21-30-22-47(37(52)53-38(3,4)5)26(2)20-46(30)23-34(49)48-24-39(6,7)35-32(48)15-28(16-43-35)14-27-8-10-29(40)11-9-27/h8-11,15-18,25-26,30H,12-14,19-24H2,1-7H3,(H,50,51)/t25?,26-,30+/m1/s1. The predicted octanol–water partition coefficient (Wildman–Crippen LogP) is 4.44. The van der Waals surface area contributed by atoms with E-state index in [9.17, 15) is 23.9 Å². The minimum absolute atomic E-state index is 0.0262. The van der Waals surface area contributed by atoms with Crippen LogP contribution in [0.15, 0.2) is 48.9 Å². The van der Waals surface area contributed by atoms with Crippen LogP contribution in [0.2, 0.25) is 0 Å². The molecule has 5 heterocycles. The van der Waals surface area contributed by atoms with Gasteiger partial charge in [-0.05, 0) is 70.4 Å². The molecule has 2 fully saturated rings. The topological polar surface area (TPSA) is 136 Å². The minimum atomic E-state index is -1.12. The Morgan fingerprint density at radius 2 is 1.66 bits per heavy atom. The third kappa shape index (κ3) is 8.76.